The number of rotatable bonds is 4. The highest BCUT2D eigenvalue weighted by molar-refractivity contribution is 5.67. The summed E-state index contributed by atoms with van der Waals surface area (Å²) in [7, 11) is 1.44. The Morgan fingerprint density at radius 3 is 2.76 bits per heavy atom. The summed E-state index contributed by atoms with van der Waals surface area (Å²) in [4.78, 5) is 13.3. The first-order valence-corrected chi connectivity index (χ1v) is 7.15. The number of carbonyl (C=O) groups is 1. The maximum atomic E-state index is 13.4. The van der Waals surface area contributed by atoms with Gasteiger partial charge in [-0.2, -0.15) is 0 Å². The molecule has 1 amide bonds. The fourth-order valence-electron chi connectivity index (χ4n) is 2.41. The zero-order chi connectivity index (χ0) is 15.2. The van der Waals surface area contributed by atoms with Gasteiger partial charge in [-0.15, -0.1) is 0 Å². The van der Waals surface area contributed by atoms with E-state index < -0.39 is 0 Å². The van der Waals surface area contributed by atoms with Crippen molar-refractivity contribution in [2.24, 2.45) is 0 Å². The van der Waals surface area contributed by atoms with E-state index >= 15 is 0 Å². The van der Waals surface area contributed by atoms with Crippen molar-refractivity contribution in [2.75, 3.05) is 32.1 Å². The molecule has 1 aromatic rings. The lowest BCUT2D eigenvalue weighted by molar-refractivity contribution is 0.0983. The lowest BCUT2D eigenvalue weighted by Gasteiger charge is -2.32. The van der Waals surface area contributed by atoms with Gasteiger partial charge in [-0.05, 0) is 31.9 Å². The summed E-state index contributed by atoms with van der Waals surface area (Å²) in [6.45, 7) is 3.52. The van der Waals surface area contributed by atoms with Crippen LogP contribution < -0.4 is 10.1 Å². The molecule has 116 valence electrons. The topological polar surface area (TPSA) is 50.8 Å². The molecule has 1 aliphatic rings. The van der Waals surface area contributed by atoms with Crippen molar-refractivity contribution in [2.45, 2.75) is 25.8 Å². The van der Waals surface area contributed by atoms with Crippen LogP contribution in [0.15, 0.2) is 18.2 Å². The number of carbonyl (C=O) groups excluding carboxylic acids is 1. The minimum absolute atomic E-state index is 0.226. The predicted octanol–water partition coefficient (Wildman–Crippen LogP) is 2.87. The Morgan fingerprint density at radius 2 is 2.14 bits per heavy atom. The number of nitrogens with one attached hydrogen (secondary N) is 1. The van der Waals surface area contributed by atoms with Crippen molar-refractivity contribution < 1.29 is 18.7 Å². The molecule has 1 aliphatic heterocycles. The van der Waals surface area contributed by atoms with Gasteiger partial charge in [-0.25, -0.2) is 9.18 Å². The van der Waals surface area contributed by atoms with Crippen molar-refractivity contribution in [3.8, 4) is 5.75 Å². The van der Waals surface area contributed by atoms with Crippen molar-refractivity contribution in [3.63, 3.8) is 0 Å². The molecule has 0 spiro atoms. The second kappa shape index (κ2) is 7.15. The third-order valence-corrected chi connectivity index (χ3v) is 3.54. The van der Waals surface area contributed by atoms with Crippen LogP contribution in [0.4, 0.5) is 14.9 Å². The molecule has 0 aliphatic carbocycles. The third kappa shape index (κ3) is 4.00. The number of halogens is 1. The first-order chi connectivity index (χ1) is 10.1. The molecule has 1 fully saturated rings. The van der Waals surface area contributed by atoms with Gasteiger partial charge in [-0.3, -0.25) is 0 Å². The van der Waals surface area contributed by atoms with Crippen LogP contribution in [-0.2, 0) is 4.74 Å². The molecular formula is C15H21FN2O3. The molecule has 5 nitrogen and oxygen atoms in total. The molecule has 1 aromatic carbocycles. The van der Waals surface area contributed by atoms with Crippen LogP contribution in [0, 0.1) is 5.82 Å². The number of hydrogen-bond acceptors (Lipinski definition) is 4. The number of ether oxygens (including phenoxy) is 2. The monoisotopic (exact) mass is 296 g/mol. The number of likely N-dealkylation sites (tertiary alicyclic amines) is 1. The van der Waals surface area contributed by atoms with E-state index in [0.717, 1.165) is 18.5 Å². The number of hydrogen-bond donors (Lipinski definition) is 1. The van der Waals surface area contributed by atoms with Crippen molar-refractivity contribution >= 4 is 11.8 Å². The van der Waals surface area contributed by atoms with Gasteiger partial charge in [0.15, 0.2) is 11.6 Å². The molecule has 6 heteroatoms. The van der Waals surface area contributed by atoms with E-state index in [-0.39, 0.29) is 23.7 Å². The van der Waals surface area contributed by atoms with Crippen LogP contribution in [-0.4, -0.2) is 43.8 Å². The molecule has 0 saturated carbocycles. The summed E-state index contributed by atoms with van der Waals surface area (Å²) in [6.07, 6.45) is 1.41. The average molecular weight is 296 g/mol. The minimum atomic E-state index is -0.375. The van der Waals surface area contributed by atoms with Gasteiger partial charge in [-0.1, -0.05) is 0 Å². The van der Waals surface area contributed by atoms with Crippen LogP contribution in [0.2, 0.25) is 0 Å². The Labute approximate surface area is 124 Å². The largest absolute Gasteiger partial charge is 0.494 e. The Balaban J connectivity index is 1.87. The Hall–Kier alpha value is -1.98. The van der Waals surface area contributed by atoms with E-state index in [0.29, 0.717) is 19.7 Å². The second-order valence-corrected chi connectivity index (χ2v) is 4.95. The van der Waals surface area contributed by atoms with E-state index in [1.807, 2.05) is 0 Å². The highest BCUT2D eigenvalue weighted by atomic mass is 19.1. The Morgan fingerprint density at radius 1 is 1.43 bits per heavy atom. The zero-order valence-corrected chi connectivity index (χ0v) is 12.4. The summed E-state index contributed by atoms with van der Waals surface area (Å²) < 4.78 is 23.3. The first kappa shape index (κ1) is 15.4. The van der Waals surface area contributed by atoms with Crippen LogP contribution in [0.5, 0.6) is 5.75 Å². The molecule has 0 atom stereocenters. The molecule has 1 saturated heterocycles. The van der Waals surface area contributed by atoms with Gasteiger partial charge in [0, 0.05) is 30.9 Å². The van der Waals surface area contributed by atoms with Crippen LogP contribution >= 0.6 is 0 Å². The molecule has 2 rings (SSSR count). The molecule has 0 bridgehead atoms. The Bertz CT molecular complexity index is 488. The van der Waals surface area contributed by atoms with Gasteiger partial charge in [0.05, 0.1) is 13.7 Å². The summed E-state index contributed by atoms with van der Waals surface area (Å²) in [5.74, 6) is -0.149. The summed E-state index contributed by atoms with van der Waals surface area (Å²) in [6, 6.07) is 4.98. The number of benzene rings is 1. The average Bonchev–Trinajstić information content (AvgIpc) is 2.50. The van der Waals surface area contributed by atoms with Gasteiger partial charge >= 0.3 is 6.09 Å². The van der Waals surface area contributed by atoms with Gasteiger partial charge in [0.25, 0.3) is 0 Å². The minimum Gasteiger partial charge on any atom is -0.494 e. The van der Waals surface area contributed by atoms with E-state index in [9.17, 15) is 9.18 Å². The lowest BCUT2D eigenvalue weighted by Crippen LogP contribution is -2.42. The third-order valence-electron chi connectivity index (χ3n) is 3.54. The van der Waals surface area contributed by atoms with Gasteiger partial charge < -0.3 is 19.7 Å². The van der Waals surface area contributed by atoms with Crippen molar-refractivity contribution in [1.29, 1.82) is 0 Å². The second-order valence-electron chi connectivity index (χ2n) is 4.95. The maximum absolute atomic E-state index is 13.4. The molecule has 1 N–H and O–H groups in total. The van der Waals surface area contributed by atoms with Crippen LogP contribution in [0.25, 0.3) is 0 Å². The quantitative estimate of drug-likeness (QED) is 0.928. The van der Waals surface area contributed by atoms with Crippen LogP contribution in [0.1, 0.15) is 19.8 Å². The van der Waals surface area contributed by atoms with E-state index in [2.05, 4.69) is 5.32 Å². The lowest BCUT2D eigenvalue weighted by atomic mass is 10.0. The van der Waals surface area contributed by atoms with Gasteiger partial charge in [0.2, 0.25) is 0 Å². The molecule has 0 aromatic heterocycles. The molecule has 21 heavy (non-hydrogen) atoms. The molecule has 0 radical (unpaired) electrons. The van der Waals surface area contributed by atoms with Gasteiger partial charge in [0.1, 0.15) is 0 Å². The highest BCUT2D eigenvalue weighted by Crippen LogP contribution is 2.24. The summed E-state index contributed by atoms with van der Waals surface area (Å²) >= 11 is 0. The van der Waals surface area contributed by atoms with Crippen molar-refractivity contribution in [1.82, 2.24) is 4.90 Å². The normalized spacial score (nSPS) is 15.7. The fraction of sp³-hybridized carbons (Fsp3) is 0.533. The molecular weight excluding hydrogens is 275 g/mol. The smallest absolute Gasteiger partial charge is 0.409 e. The Kier molecular flexibility index (Phi) is 5.25. The summed E-state index contributed by atoms with van der Waals surface area (Å²) in [5, 5.41) is 3.35. The van der Waals surface area contributed by atoms with E-state index in [1.165, 1.54) is 13.2 Å². The standard InChI is InChI=1S/C15H21FN2O3/c1-3-21-15(19)18-8-6-11(7-9-18)17-12-4-5-13(16)14(10-12)20-2/h4-5,10-11,17H,3,6-9H2,1-2H3. The maximum Gasteiger partial charge on any atom is 0.409 e. The summed E-state index contributed by atoms with van der Waals surface area (Å²) in [5.41, 5.74) is 0.822. The van der Waals surface area contributed by atoms with E-state index in [1.54, 1.807) is 24.0 Å². The number of piperidine rings is 1. The van der Waals surface area contributed by atoms with E-state index in [4.69, 9.17) is 9.47 Å². The molecule has 1 heterocycles. The predicted molar refractivity (Wildman–Crippen MR) is 78.2 cm³/mol. The zero-order valence-electron chi connectivity index (χ0n) is 12.4. The van der Waals surface area contributed by atoms with Crippen LogP contribution in [0.3, 0.4) is 0 Å². The fourth-order valence-corrected chi connectivity index (χ4v) is 2.41. The number of anilines is 1. The first-order valence-electron chi connectivity index (χ1n) is 7.15. The van der Waals surface area contributed by atoms with Crippen molar-refractivity contribution in [3.05, 3.63) is 24.0 Å². The number of methoxy groups -OCH3 is 1. The SMILES string of the molecule is CCOC(=O)N1CCC(Nc2ccc(F)c(OC)c2)CC1. The number of nitrogens with zero attached hydrogens (tertiary/aromatic N) is 1. The highest BCUT2D eigenvalue weighted by Gasteiger charge is 2.23. The number of amides is 1. The molecule has 0 unspecified atom stereocenters.